The van der Waals surface area contributed by atoms with Gasteiger partial charge in [-0.2, -0.15) is 4.98 Å². The standard InChI is InChI=1S/C17H15ClN4O2/c1-3-14(23)20-11-5-4-6-12(8-11)22-15(24)7-10(2)13-9-19-17(18)21-16(13)22/h3-9,15,24H,1H2,2H3,(H,20,23). The summed E-state index contributed by atoms with van der Waals surface area (Å²) in [6.07, 6.45) is 3.61. The summed E-state index contributed by atoms with van der Waals surface area (Å²) in [5, 5.41) is 13.3. The first-order valence-corrected chi connectivity index (χ1v) is 7.59. The Balaban J connectivity index is 2.06. The van der Waals surface area contributed by atoms with E-state index in [-0.39, 0.29) is 11.2 Å². The van der Waals surface area contributed by atoms with Crippen LogP contribution in [0.25, 0.3) is 5.57 Å². The molecule has 1 aliphatic heterocycles. The van der Waals surface area contributed by atoms with Gasteiger partial charge in [0.05, 0.1) is 0 Å². The Morgan fingerprint density at radius 1 is 1.50 bits per heavy atom. The zero-order valence-corrected chi connectivity index (χ0v) is 13.7. The van der Waals surface area contributed by atoms with E-state index in [0.717, 1.165) is 11.1 Å². The molecule has 0 spiro atoms. The van der Waals surface area contributed by atoms with Crippen LogP contribution in [0, 0.1) is 0 Å². The molecule has 0 aliphatic carbocycles. The lowest BCUT2D eigenvalue weighted by Gasteiger charge is -2.33. The first-order chi connectivity index (χ1) is 11.5. The minimum atomic E-state index is -0.908. The molecule has 2 heterocycles. The van der Waals surface area contributed by atoms with E-state index in [9.17, 15) is 9.90 Å². The molecule has 2 N–H and O–H groups in total. The highest BCUT2D eigenvalue weighted by Crippen LogP contribution is 2.37. The van der Waals surface area contributed by atoms with Crippen molar-refractivity contribution in [3.8, 4) is 0 Å². The number of carbonyl (C=O) groups excluding carboxylic acids is 1. The monoisotopic (exact) mass is 342 g/mol. The Kier molecular flexibility index (Phi) is 4.33. The number of allylic oxidation sites excluding steroid dienone is 1. The molecule has 122 valence electrons. The van der Waals surface area contributed by atoms with Crippen molar-refractivity contribution in [3.05, 3.63) is 60.0 Å². The van der Waals surface area contributed by atoms with Crippen molar-refractivity contribution in [1.29, 1.82) is 0 Å². The fraction of sp³-hybridized carbons (Fsp3) is 0.118. The zero-order chi connectivity index (χ0) is 17.3. The highest BCUT2D eigenvalue weighted by molar-refractivity contribution is 6.28. The Labute approximate surface area is 144 Å². The molecule has 24 heavy (non-hydrogen) atoms. The van der Waals surface area contributed by atoms with Crippen LogP contribution >= 0.6 is 11.6 Å². The van der Waals surface area contributed by atoms with Gasteiger partial charge in [0.15, 0.2) is 6.23 Å². The predicted molar refractivity (Wildman–Crippen MR) is 94.1 cm³/mol. The largest absolute Gasteiger partial charge is 0.369 e. The van der Waals surface area contributed by atoms with E-state index < -0.39 is 6.23 Å². The van der Waals surface area contributed by atoms with Gasteiger partial charge in [0.25, 0.3) is 0 Å². The number of halogens is 1. The number of hydrogen-bond donors (Lipinski definition) is 2. The van der Waals surface area contributed by atoms with Crippen molar-refractivity contribution in [1.82, 2.24) is 9.97 Å². The molecule has 1 amide bonds. The molecule has 1 atom stereocenters. The van der Waals surface area contributed by atoms with Crippen molar-refractivity contribution in [3.63, 3.8) is 0 Å². The van der Waals surface area contributed by atoms with E-state index >= 15 is 0 Å². The fourth-order valence-electron chi connectivity index (χ4n) is 2.53. The third-order valence-electron chi connectivity index (χ3n) is 3.63. The molecule has 3 rings (SSSR count). The van der Waals surface area contributed by atoms with Crippen molar-refractivity contribution in [2.24, 2.45) is 0 Å². The van der Waals surface area contributed by atoms with Crippen LogP contribution in [0.1, 0.15) is 12.5 Å². The minimum Gasteiger partial charge on any atom is -0.369 e. The molecule has 0 radical (unpaired) electrons. The van der Waals surface area contributed by atoms with Crippen LogP contribution in [-0.2, 0) is 4.79 Å². The molecule has 2 aromatic rings. The topological polar surface area (TPSA) is 78.4 Å². The van der Waals surface area contributed by atoms with Gasteiger partial charge in [-0.3, -0.25) is 9.69 Å². The van der Waals surface area contributed by atoms with Gasteiger partial charge in [-0.25, -0.2) is 4.98 Å². The summed E-state index contributed by atoms with van der Waals surface area (Å²) in [6.45, 7) is 5.30. The van der Waals surface area contributed by atoms with Crippen LogP contribution < -0.4 is 10.2 Å². The van der Waals surface area contributed by atoms with Gasteiger partial charge < -0.3 is 10.4 Å². The Hall–Kier alpha value is -2.70. The van der Waals surface area contributed by atoms with Gasteiger partial charge in [-0.1, -0.05) is 12.6 Å². The smallest absolute Gasteiger partial charge is 0.247 e. The van der Waals surface area contributed by atoms with Crippen LogP contribution in [0.15, 0.2) is 49.2 Å². The summed E-state index contributed by atoms with van der Waals surface area (Å²) in [7, 11) is 0. The molecular weight excluding hydrogens is 328 g/mol. The van der Waals surface area contributed by atoms with Gasteiger partial charge >= 0.3 is 0 Å². The first kappa shape index (κ1) is 16.2. The molecule has 1 aliphatic rings. The van der Waals surface area contributed by atoms with Crippen LogP contribution in [0.5, 0.6) is 0 Å². The van der Waals surface area contributed by atoms with E-state index in [4.69, 9.17) is 11.6 Å². The normalized spacial score (nSPS) is 16.2. The van der Waals surface area contributed by atoms with Crippen molar-refractivity contribution < 1.29 is 9.90 Å². The maximum Gasteiger partial charge on any atom is 0.247 e. The average molecular weight is 343 g/mol. The highest BCUT2D eigenvalue weighted by atomic mass is 35.5. The summed E-state index contributed by atoms with van der Waals surface area (Å²) >= 11 is 5.93. The van der Waals surface area contributed by atoms with E-state index in [1.165, 1.54) is 6.08 Å². The lowest BCUT2D eigenvalue weighted by molar-refractivity contribution is -0.111. The number of hydrogen-bond acceptors (Lipinski definition) is 5. The maximum atomic E-state index is 11.5. The van der Waals surface area contributed by atoms with E-state index in [1.807, 2.05) is 6.92 Å². The molecule has 0 bridgehead atoms. The van der Waals surface area contributed by atoms with Crippen molar-refractivity contribution >= 4 is 40.3 Å². The average Bonchev–Trinajstić information content (AvgIpc) is 2.54. The van der Waals surface area contributed by atoms with Crippen LogP contribution in [0.2, 0.25) is 5.28 Å². The van der Waals surface area contributed by atoms with Crippen molar-refractivity contribution in [2.45, 2.75) is 13.2 Å². The van der Waals surface area contributed by atoms with Crippen LogP contribution in [-0.4, -0.2) is 27.2 Å². The third kappa shape index (κ3) is 3.02. The third-order valence-corrected chi connectivity index (χ3v) is 3.82. The molecule has 1 unspecified atom stereocenters. The lowest BCUT2D eigenvalue weighted by atomic mass is 10.0. The molecule has 0 saturated heterocycles. The summed E-state index contributed by atoms with van der Waals surface area (Å²) in [4.78, 5) is 21.4. The summed E-state index contributed by atoms with van der Waals surface area (Å²) in [5.41, 5.74) is 2.88. The molecule has 1 aromatic heterocycles. The quantitative estimate of drug-likeness (QED) is 0.662. The number of aliphatic hydroxyl groups is 1. The summed E-state index contributed by atoms with van der Waals surface area (Å²) < 4.78 is 0. The van der Waals surface area contributed by atoms with Gasteiger partial charge in [-0.15, -0.1) is 0 Å². The van der Waals surface area contributed by atoms with Crippen molar-refractivity contribution in [2.75, 3.05) is 10.2 Å². The molecule has 0 fully saturated rings. The summed E-state index contributed by atoms with van der Waals surface area (Å²) in [5.74, 6) is 0.197. The Bertz CT molecular complexity index is 850. The number of anilines is 3. The second-order valence-corrected chi connectivity index (χ2v) is 5.59. The number of fused-ring (bicyclic) bond motifs is 1. The minimum absolute atomic E-state index is 0.0942. The summed E-state index contributed by atoms with van der Waals surface area (Å²) in [6, 6.07) is 7.06. The van der Waals surface area contributed by atoms with Gasteiger partial charge in [0.1, 0.15) is 5.82 Å². The zero-order valence-electron chi connectivity index (χ0n) is 12.9. The fourth-order valence-corrected chi connectivity index (χ4v) is 2.66. The predicted octanol–water partition coefficient (Wildman–Crippen LogP) is 3.13. The number of carbonyl (C=O) groups is 1. The van der Waals surface area contributed by atoms with E-state index in [1.54, 1.807) is 41.4 Å². The Morgan fingerprint density at radius 3 is 3.04 bits per heavy atom. The number of amides is 1. The number of aliphatic hydroxyl groups excluding tert-OH is 1. The number of nitrogens with one attached hydrogen (secondary N) is 1. The molecule has 7 heteroatoms. The Morgan fingerprint density at radius 2 is 2.29 bits per heavy atom. The number of aromatic nitrogens is 2. The maximum absolute atomic E-state index is 11.5. The second-order valence-electron chi connectivity index (χ2n) is 5.25. The highest BCUT2D eigenvalue weighted by Gasteiger charge is 2.27. The van der Waals surface area contributed by atoms with Crippen LogP contribution in [0.3, 0.4) is 0 Å². The van der Waals surface area contributed by atoms with E-state index in [2.05, 4.69) is 21.9 Å². The van der Waals surface area contributed by atoms with Crippen LogP contribution in [0.4, 0.5) is 17.2 Å². The van der Waals surface area contributed by atoms with Gasteiger partial charge in [-0.05, 0) is 54.4 Å². The molecular formula is C17H15ClN4O2. The molecule has 6 nitrogen and oxygen atoms in total. The number of rotatable bonds is 3. The van der Waals surface area contributed by atoms with Gasteiger partial charge in [0, 0.05) is 23.1 Å². The molecule has 0 saturated carbocycles. The number of nitrogens with zero attached hydrogens (tertiary/aromatic N) is 3. The second kappa shape index (κ2) is 6.43. The van der Waals surface area contributed by atoms with E-state index in [0.29, 0.717) is 17.2 Å². The first-order valence-electron chi connectivity index (χ1n) is 7.21. The number of benzene rings is 1. The SMILES string of the molecule is C=CC(=O)Nc1cccc(N2c3nc(Cl)ncc3C(C)=CC2O)c1. The van der Waals surface area contributed by atoms with Gasteiger partial charge in [0.2, 0.25) is 11.2 Å². The lowest BCUT2D eigenvalue weighted by Crippen LogP contribution is -2.33. The molecule has 1 aromatic carbocycles.